The van der Waals surface area contributed by atoms with Crippen LogP contribution in [0.1, 0.15) is 12.8 Å². The van der Waals surface area contributed by atoms with Crippen molar-refractivity contribution in [2.45, 2.75) is 18.9 Å². The Labute approximate surface area is 99.9 Å². The molecule has 0 atom stereocenters. The number of likely N-dealkylation sites (tertiary alicyclic amines) is 1. The predicted molar refractivity (Wildman–Crippen MR) is 70.4 cm³/mol. The smallest absolute Gasteiger partial charge is 0.0256 e. The molecule has 0 aromatic rings. The number of piperidine rings is 1. The van der Waals surface area contributed by atoms with Gasteiger partial charge in [0.2, 0.25) is 0 Å². The van der Waals surface area contributed by atoms with Crippen molar-refractivity contribution < 1.29 is 4.21 Å². The zero-order valence-electron chi connectivity index (χ0n) is 10.5. The molecule has 0 amide bonds. The van der Waals surface area contributed by atoms with E-state index < -0.39 is 10.1 Å². The Morgan fingerprint density at radius 3 is 2.19 bits per heavy atom. The van der Waals surface area contributed by atoms with E-state index in [1.165, 1.54) is 25.9 Å². The highest BCUT2D eigenvalue weighted by Gasteiger charge is 2.28. The summed E-state index contributed by atoms with van der Waals surface area (Å²) in [6, 6.07) is 0.738. The summed E-state index contributed by atoms with van der Waals surface area (Å²) in [6.45, 7) is 4.47. The highest BCUT2D eigenvalue weighted by Crippen LogP contribution is 2.19. The van der Waals surface area contributed by atoms with Gasteiger partial charge < -0.3 is 4.90 Å². The Bertz CT molecular complexity index is 264. The van der Waals surface area contributed by atoms with Gasteiger partial charge in [-0.3, -0.25) is 13.8 Å². The van der Waals surface area contributed by atoms with E-state index in [-0.39, 0.29) is 0 Å². The lowest BCUT2D eigenvalue weighted by Gasteiger charge is -2.42. The zero-order chi connectivity index (χ0) is 11.6. The molecular formula is C11H25N3OS. The van der Waals surface area contributed by atoms with Crippen LogP contribution in [0.25, 0.3) is 0 Å². The number of nitrogens with zero attached hydrogens (tertiary/aromatic N) is 2. The van der Waals surface area contributed by atoms with Gasteiger partial charge in [0.05, 0.1) is 0 Å². The molecule has 0 aromatic heterocycles. The second-order valence-electron chi connectivity index (χ2n) is 5.13. The summed E-state index contributed by atoms with van der Waals surface area (Å²) in [6.07, 6.45) is 2.56. The van der Waals surface area contributed by atoms with E-state index in [1.54, 1.807) is 0 Å². The largest absolute Gasteiger partial charge is 0.306 e. The molecule has 96 valence electrons. The fraction of sp³-hybridized carbons (Fsp3) is 1.00. The van der Waals surface area contributed by atoms with Crippen LogP contribution in [0.2, 0.25) is 0 Å². The minimum Gasteiger partial charge on any atom is -0.306 e. The molecule has 0 saturated carbocycles. The van der Waals surface area contributed by atoms with E-state index in [4.69, 9.17) is 0 Å². The molecule has 16 heavy (non-hydrogen) atoms. The molecule has 2 rings (SSSR count). The molecule has 2 heterocycles. The first-order valence-electron chi connectivity index (χ1n) is 6.33. The quantitative estimate of drug-likeness (QED) is 0.649. The zero-order valence-corrected chi connectivity index (χ0v) is 11.4. The van der Waals surface area contributed by atoms with Crippen molar-refractivity contribution in [2.75, 3.05) is 51.8 Å². The monoisotopic (exact) mass is 247 g/mol. The minimum absolute atomic E-state index is 0.738. The maximum Gasteiger partial charge on any atom is 0.0256 e. The van der Waals surface area contributed by atoms with E-state index in [0.717, 1.165) is 30.6 Å². The van der Waals surface area contributed by atoms with Gasteiger partial charge in [-0.25, -0.2) is 0 Å². The van der Waals surface area contributed by atoms with Crippen molar-refractivity contribution in [1.82, 2.24) is 14.5 Å². The molecule has 2 aliphatic heterocycles. The Kier molecular flexibility index (Phi) is 4.00. The van der Waals surface area contributed by atoms with E-state index >= 15 is 0 Å². The summed E-state index contributed by atoms with van der Waals surface area (Å²) < 4.78 is 15.2. The Hall–Kier alpha value is 0.0300. The average Bonchev–Trinajstić information content (AvgIpc) is 2.32. The first-order valence-corrected chi connectivity index (χ1v) is 8.40. The Balaban J connectivity index is 1.83. The first-order chi connectivity index (χ1) is 7.63. The molecule has 1 N–H and O–H groups in total. The van der Waals surface area contributed by atoms with Gasteiger partial charge in [0.15, 0.2) is 0 Å². The number of hydrogen-bond acceptors (Lipinski definition) is 3. The second-order valence-corrected chi connectivity index (χ2v) is 8.25. The van der Waals surface area contributed by atoms with E-state index in [9.17, 15) is 4.21 Å². The van der Waals surface area contributed by atoms with E-state index in [0.29, 0.717) is 0 Å². The van der Waals surface area contributed by atoms with Gasteiger partial charge in [0, 0.05) is 30.6 Å². The summed E-state index contributed by atoms with van der Waals surface area (Å²) in [5.74, 6) is 1.71. The van der Waals surface area contributed by atoms with Crippen LogP contribution < -0.4 is 4.72 Å². The van der Waals surface area contributed by atoms with Crippen LogP contribution in [0.4, 0.5) is 0 Å². The van der Waals surface area contributed by atoms with Gasteiger partial charge in [-0.05, 0) is 40.0 Å². The van der Waals surface area contributed by atoms with Crippen LogP contribution in [0, 0.1) is 0 Å². The molecule has 0 radical (unpaired) electrons. The molecule has 2 aliphatic rings. The van der Waals surface area contributed by atoms with Crippen molar-refractivity contribution in [2.24, 2.45) is 0 Å². The molecular weight excluding hydrogens is 222 g/mol. The van der Waals surface area contributed by atoms with E-state index in [1.807, 2.05) is 7.05 Å². The number of rotatable bonds is 2. The van der Waals surface area contributed by atoms with Crippen LogP contribution in [-0.2, 0) is 10.1 Å². The molecule has 0 aliphatic carbocycles. The minimum atomic E-state index is -2.00. The molecule has 0 bridgehead atoms. The van der Waals surface area contributed by atoms with Crippen molar-refractivity contribution >= 4 is 10.1 Å². The normalized spacial score (nSPS) is 31.4. The summed E-state index contributed by atoms with van der Waals surface area (Å²) in [5.41, 5.74) is 0. The summed E-state index contributed by atoms with van der Waals surface area (Å²) in [5, 5.41) is 0. The Morgan fingerprint density at radius 1 is 1.12 bits per heavy atom. The summed E-state index contributed by atoms with van der Waals surface area (Å²) in [4.78, 5) is 4.96. The Morgan fingerprint density at radius 2 is 1.69 bits per heavy atom. The van der Waals surface area contributed by atoms with Gasteiger partial charge in [-0.15, -0.1) is 0 Å². The summed E-state index contributed by atoms with van der Waals surface area (Å²) in [7, 11) is 2.04. The standard InChI is InChI=1S/C11H25N3OS/c1-12-16(15)9-7-14(8-10-16)11-3-5-13(2)6-4-11/h11,16H,3-10H2,1-2H3,(H,12,15). The third-order valence-electron chi connectivity index (χ3n) is 4.11. The SMILES string of the molecule is CN[SH]1(=O)CCN(C2CCN(C)CC2)CC1. The van der Waals surface area contributed by atoms with Crippen LogP contribution in [-0.4, -0.2) is 71.8 Å². The van der Waals surface area contributed by atoms with Crippen LogP contribution in [0.15, 0.2) is 0 Å². The number of nitrogens with one attached hydrogen (secondary N) is 1. The lowest BCUT2D eigenvalue weighted by Crippen LogP contribution is -2.54. The van der Waals surface area contributed by atoms with Crippen LogP contribution in [0.5, 0.6) is 0 Å². The lowest BCUT2D eigenvalue weighted by atomic mass is 10.0. The lowest BCUT2D eigenvalue weighted by molar-refractivity contribution is 0.129. The van der Waals surface area contributed by atoms with Crippen molar-refractivity contribution in [1.29, 1.82) is 0 Å². The number of thiol groups is 1. The topological polar surface area (TPSA) is 35.6 Å². The fourth-order valence-corrected chi connectivity index (χ4v) is 4.58. The van der Waals surface area contributed by atoms with Gasteiger partial charge in [0.1, 0.15) is 0 Å². The third kappa shape index (κ3) is 2.83. The van der Waals surface area contributed by atoms with Gasteiger partial charge in [-0.2, -0.15) is 0 Å². The highest BCUT2D eigenvalue weighted by molar-refractivity contribution is 8.01. The molecule has 0 aromatic carbocycles. The van der Waals surface area contributed by atoms with Crippen LogP contribution >= 0.6 is 0 Å². The van der Waals surface area contributed by atoms with Crippen molar-refractivity contribution in [3.05, 3.63) is 0 Å². The molecule has 0 spiro atoms. The van der Waals surface area contributed by atoms with Gasteiger partial charge in [-0.1, -0.05) is 10.1 Å². The average molecular weight is 247 g/mol. The molecule has 2 saturated heterocycles. The second kappa shape index (κ2) is 5.12. The number of hydrogen-bond donors (Lipinski definition) is 2. The molecule has 4 nitrogen and oxygen atoms in total. The van der Waals surface area contributed by atoms with Gasteiger partial charge >= 0.3 is 0 Å². The molecule has 0 unspecified atom stereocenters. The predicted octanol–water partition coefficient (Wildman–Crippen LogP) is -0.453. The fourth-order valence-electron chi connectivity index (χ4n) is 2.75. The molecule has 5 heteroatoms. The van der Waals surface area contributed by atoms with E-state index in [2.05, 4.69) is 21.6 Å². The molecule has 2 fully saturated rings. The van der Waals surface area contributed by atoms with Crippen molar-refractivity contribution in [3.63, 3.8) is 0 Å². The summed E-state index contributed by atoms with van der Waals surface area (Å²) >= 11 is 0. The maximum absolute atomic E-state index is 12.1. The van der Waals surface area contributed by atoms with Crippen LogP contribution in [0.3, 0.4) is 0 Å². The van der Waals surface area contributed by atoms with Gasteiger partial charge in [0.25, 0.3) is 0 Å². The maximum atomic E-state index is 12.1. The first kappa shape index (κ1) is 12.5. The third-order valence-corrected chi connectivity index (χ3v) is 6.77. The van der Waals surface area contributed by atoms with Crippen molar-refractivity contribution in [3.8, 4) is 0 Å². The highest BCUT2D eigenvalue weighted by atomic mass is 32.3.